The summed E-state index contributed by atoms with van der Waals surface area (Å²) < 4.78 is 195. The quantitative estimate of drug-likeness (QED) is 0.00238. The molecule has 622 valence electrons. The highest BCUT2D eigenvalue weighted by Gasteiger charge is 2.48. The van der Waals surface area contributed by atoms with Gasteiger partial charge in [0.2, 0.25) is 27.5 Å². The van der Waals surface area contributed by atoms with Gasteiger partial charge in [-0.2, -0.15) is 21.4 Å². The van der Waals surface area contributed by atoms with Crippen molar-refractivity contribution in [3.8, 4) is 5.75 Å². The molecule has 113 heavy (non-hydrogen) atoms. The maximum absolute atomic E-state index is 17.0. The van der Waals surface area contributed by atoms with Crippen LogP contribution < -0.4 is 30.3 Å². The van der Waals surface area contributed by atoms with Crippen LogP contribution in [0.4, 0.5) is 30.2 Å². The number of carbonyl (C=O) groups excluding carboxylic acids is 2. The molecule has 8 rings (SSSR count). The molecule has 0 aromatic heterocycles. The van der Waals surface area contributed by atoms with E-state index in [0.717, 1.165) is 88.4 Å². The van der Waals surface area contributed by atoms with Gasteiger partial charge in [-0.15, -0.1) is 8.67 Å². The van der Waals surface area contributed by atoms with Crippen molar-refractivity contribution < 1.29 is 123 Å². The summed E-state index contributed by atoms with van der Waals surface area (Å²) in [6, 6.07) is 15.6. The number of nitrogens with zero attached hydrogens (tertiary/aromatic N) is 5. The number of sulfonamides is 1. The third kappa shape index (κ3) is 24.2. The van der Waals surface area contributed by atoms with Gasteiger partial charge in [0.25, 0.3) is 20.2 Å². The van der Waals surface area contributed by atoms with Crippen molar-refractivity contribution in [2.75, 3.05) is 88.1 Å². The van der Waals surface area contributed by atoms with Gasteiger partial charge >= 0.3 is 11.9 Å². The van der Waals surface area contributed by atoms with Gasteiger partial charge in [0.1, 0.15) is 29.0 Å². The van der Waals surface area contributed by atoms with Crippen molar-refractivity contribution in [2.45, 2.75) is 179 Å². The number of hydrogen-bond acceptors (Lipinski definition) is 22. The average Bonchev–Trinajstić information content (AvgIpc) is 1.27. The molecule has 2 heterocycles. The van der Waals surface area contributed by atoms with Crippen LogP contribution in [0, 0.1) is 17.5 Å². The molecule has 39 heteroatoms. The second-order valence-electron chi connectivity index (χ2n) is 29.2. The molecule has 0 unspecified atom stereocenters. The number of halogens is 3. The van der Waals surface area contributed by atoms with E-state index < -0.39 is 137 Å². The summed E-state index contributed by atoms with van der Waals surface area (Å²) in [4.78, 5) is 41.8. The first kappa shape index (κ1) is 91.2. The van der Waals surface area contributed by atoms with E-state index in [2.05, 4.69) is 30.2 Å². The fourth-order valence-electron chi connectivity index (χ4n) is 14.6. The highest BCUT2D eigenvalue weighted by Crippen LogP contribution is 2.50. The average molecular weight is 1700 g/mol. The number of carboxylic acid groups (broad SMARTS) is 1. The minimum atomic E-state index is -5.34. The van der Waals surface area contributed by atoms with E-state index in [1.165, 1.54) is 14.4 Å². The second kappa shape index (κ2) is 40.0. The number of nitrogens with two attached hydrogens (primary N) is 1. The number of hydrogen-bond donors (Lipinski definition) is 8. The summed E-state index contributed by atoms with van der Waals surface area (Å²) in [7, 11) is -12.8. The molecule has 0 bridgehead atoms. The van der Waals surface area contributed by atoms with Gasteiger partial charge in [0, 0.05) is 83.1 Å². The Morgan fingerprint density at radius 1 is 0.726 bits per heavy atom. The molecule has 4 aromatic carbocycles. The van der Waals surface area contributed by atoms with E-state index in [0.29, 0.717) is 97.7 Å². The van der Waals surface area contributed by atoms with Gasteiger partial charge in [0.15, 0.2) is 43.6 Å². The lowest BCUT2D eigenvalue weighted by atomic mass is 9.81. The lowest BCUT2D eigenvalue weighted by Gasteiger charge is -2.34. The summed E-state index contributed by atoms with van der Waals surface area (Å²) in [5.74, 6) is -10.5. The van der Waals surface area contributed by atoms with E-state index in [1.807, 2.05) is 76.3 Å². The topological polar surface area (TPSA) is 410 Å². The lowest BCUT2D eigenvalue weighted by Crippen LogP contribution is -2.52. The van der Waals surface area contributed by atoms with E-state index >= 15 is 13.2 Å². The number of ether oxygens (including phenoxy) is 2. The Morgan fingerprint density at radius 2 is 1.34 bits per heavy atom. The van der Waals surface area contributed by atoms with Crippen molar-refractivity contribution >= 4 is 111 Å². The Labute approximate surface area is 665 Å². The van der Waals surface area contributed by atoms with Crippen molar-refractivity contribution in [1.29, 1.82) is 0 Å². The largest absolute Gasteiger partial charge is 0.480 e. The third-order valence-electron chi connectivity index (χ3n) is 19.8. The van der Waals surface area contributed by atoms with Gasteiger partial charge in [-0.3, -0.25) is 28.2 Å². The molecule has 30 nitrogen and oxygen atoms in total. The first-order valence-electron chi connectivity index (χ1n) is 36.5. The van der Waals surface area contributed by atoms with Crippen LogP contribution in [0.3, 0.4) is 0 Å². The van der Waals surface area contributed by atoms with Crippen LogP contribution in [0.25, 0.3) is 0 Å². The molecule has 1 atom stereocenters. The Bertz CT molecular complexity index is 4820. The SMILES string of the molecule is CN(C)C(N(c1c(F)c(S(N)(=O)=O)c(F)c(F)c1S(=O)(=O)CCC(=O)NCCOCCC(=O)N[C@@H](Cc1ccc(OC2=C(/C=C/C3=[N+](CCCCS(=O)(=O)O)c4ccc(SOOO)cc4C3(C)C)CCC/C2=C\C=C2\N(CCCCS(=O)(=O)O)c3ccc(SOOO)cc3C2(C)C)cc1)C(=O)O)C1CCCCCCC1)=[N+](C)C. The molecule has 2 aliphatic heterocycles. The van der Waals surface area contributed by atoms with Gasteiger partial charge in [-0.1, -0.05) is 61.4 Å². The fourth-order valence-corrected chi connectivity index (χ4v) is 18.7. The predicted molar refractivity (Wildman–Crippen MR) is 417 cm³/mol. The molecule has 1 saturated carbocycles. The molecule has 9 N–H and O–H groups in total. The monoisotopic (exact) mass is 1700 g/mol. The second-order valence-corrected chi connectivity index (χ2v) is 37.4. The number of carbonyl (C=O) groups is 3. The zero-order chi connectivity index (χ0) is 83.0. The van der Waals surface area contributed by atoms with Crippen LogP contribution in [-0.4, -0.2) is 192 Å². The van der Waals surface area contributed by atoms with Crippen LogP contribution in [0.5, 0.6) is 5.75 Å². The van der Waals surface area contributed by atoms with Crippen molar-refractivity contribution in [2.24, 2.45) is 5.14 Å². The normalized spacial score (nSPS) is 17.2. The molecule has 4 aromatic rings. The van der Waals surface area contributed by atoms with Crippen molar-refractivity contribution in [1.82, 2.24) is 15.5 Å². The van der Waals surface area contributed by atoms with Crippen LogP contribution in [-0.2, 0) is 95.2 Å². The highest BCUT2D eigenvalue weighted by atomic mass is 32.2. The van der Waals surface area contributed by atoms with Gasteiger partial charge in [0.05, 0.1) is 94.2 Å². The number of allylic oxidation sites excluding steroid dienone is 7. The minimum Gasteiger partial charge on any atom is -0.480 e. The summed E-state index contributed by atoms with van der Waals surface area (Å²) in [5, 5.41) is 46.2. The van der Waals surface area contributed by atoms with Crippen molar-refractivity contribution in [3.05, 3.63) is 142 Å². The van der Waals surface area contributed by atoms with Crippen LogP contribution in [0.2, 0.25) is 0 Å². The van der Waals surface area contributed by atoms with E-state index in [4.69, 9.17) is 33.8 Å². The van der Waals surface area contributed by atoms with Gasteiger partial charge in [-0.05, 0) is 155 Å². The molecule has 0 spiro atoms. The molecule has 2 amide bonds. The molecule has 2 aliphatic carbocycles. The number of primary sulfonamides is 1. The molecule has 0 radical (unpaired) electrons. The van der Waals surface area contributed by atoms with Crippen LogP contribution >= 0.6 is 24.1 Å². The molecule has 4 aliphatic rings. The number of rotatable bonds is 38. The lowest BCUT2D eigenvalue weighted by molar-refractivity contribution is -0.471. The number of fused-ring (bicyclic) bond motifs is 2. The van der Waals surface area contributed by atoms with E-state index in [-0.39, 0.29) is 51.4 Å². The number of carboxylic acids is 1. The van der Waals surface area contributed by atoms with E-state index in [9.17, 15) is 62.3 Å². The number of unbranched alkanes of at least 4 members (excludes halogenated alkanes) is 2. The number of sulfone groups is 1. The molecule has 0 saturated heterocycles. The smallest absolute Gasteiger partial charge is 0.354 e. The number of nitrogens with one attached hydrogen (secondary N) is 2. The summed E-state index contributed by atoms with van der Waals surface area (Å²) >= 11 is 1.58. The minimum absolute atomic E-state index is 0.112. The number of aliphatic carboxylic acids is 1. The third-order valence-corrected chi connectivity index (χ3v) is 25.3. The fraction of sp³-hybridized carbons (Fsp3) is 0.500. The Hall–Kier alpha value is -7.32. The number of benzene rings is 4. The molecular formula is C74H99F3N8O22S6+2. The zero-order valence-corrected chi connectivity index (χ0v) is 68.9. The Balaban J connectivity index is 0.985. The molecular weight excluding hydrogens is 1600 g/mol. The maximum Gasteiger partial charge on any atom is 0.354 e. The first-order valence-corrected chi connectivity index (χ1v) is 44.4. The Morgan fingerprint density at radius 3 is 1.94 bits per heavy atom. The summed E-state index contributed by atoms with van der Waals surface area (Å²) in [6.45, 7) is 8.09. The zero-order valence-electron chi connectivity index (χ0n) is 64.0. The van der Waals surface area contributed by atoms with Gasteiger partial charge in [-0.25, -0.2) is 55.4 Å². The van der Waals surface area contributed by atoms with Crippen LogP contribution in [0.1, 0.15) is 147 Å². The standard InChI is InChI=1S/C74H97F3N8O22S6/c1-73(2)55-46-53(108-106-104-90)29-31-58(55)83(38-14-16-42-111(94,95)96)60(73)33-25-49-19-18-20-50(26-34-61-74(3,4)56-47-54(109-107-105-91)30-32-59(56)84(61)39-15-17-43-112(97,98)99)68(49)103-52-27-23-48(24-28-52)45-57(71(88)89)80-63(87)35-40-102-41-37-79-62(86)36-44-110(92,93)70-65(76)64(75)69(113(78,100)101)66(77)67(70)85(72(81(5)6)82(7)8)51-21-12-10-9-11-13-22-51/h23-34,46-47,51,57H,9-22,35-45H2,1-8H3,(H7-2,78,79,80,86,87,88,89,90,91,94,95,96,97,98,99,100,101)/p+2/t57-/m0/s1. The summed E-state index contributed by atoms with van der Waals surface area (Å²) in [5.41, 5.74) is 4.65. The number of amides is 2. The summed E-state index contributed by atoms with van der Waals surface area (Å²) in [6.07, 6.45) is 13.6. The highest BCUT2D eigenvalue weighted by molar-refractivity contribution is 7.94. The maximum atomic E-state index is 17.0. The Kier molecular flexibility index (Phi) is 32.3. The number of anilines is 2. The molecule has 1 fully saturated rings. The van der Waals surface area contributed by atoms with Gasteiger partial charge < -0.3 is 30.1 Å². The van der Waals surface area contributed by atoms with E-state index in [1.54, 1.807) is 64.6 Å². The number of guanidine groups is 1. The first-order chi connectivity index (χ1) is 53.2. The van der Waals surface area contributed by atoms with Crippen LogP contribution in [0.15, 0.2) is 127 Å². The van der Waals surface area contributed by atoms with Crippen molar-refractivity contribution in [3.63, 3.8) is 0 Å². The predicted octanol–water partition coefficient (Wildman–Crippen LogP) is 10.6.